The van der Waals surface area contributed by atoms with Crippen LogP contribution in [0.3, 0.4) is 0 Å². The standard InChI is InChI=1S/C12H15F3O/c1-12(2,15)9-6-8(4-3-5-16)11(14)10(13)7-9/h6-7,16H,3-5H2,1-2H3. The third kappa shape index (κ3) is 2.98. The average Bonchev–Trinajstić information content (AvgIpc) is 2.18. The topological polar surface area (TPSA) is 20.2 Å². The zero-order chi connectivity index (χ0) is 12.3. The Labute approximate surface area is 92.9 Å². The fourth-order valence-electron chi connectivity index (χ4n) is 1.44. The summed E-state index contributed by atoms with van der Waals surface area (Å²) in [6.07, 6.45) is 0.524. The zero-order valence-corrected chi connectivity index (χ0v) is 9.36. The van der Waals surface area contributed by atoms with E-state index in [9.17, 15) is 13.2 Å². The number of hydrogen-bond donors (Lipinski definition) is 1. The first-order valence-corrected chi connectivity index (χ1v) is 5.14. The summed E-state index contributed by atoms with van der Waals surface area (Å²) in [4.78, 5) is 0. The first-order valence-electron chi connectivity index (χ1n) is 5.14. The number of hydrogen-bond acceptors (Lipinski definition) is 1. The second-order valence-electron chi connectivity index (χ2n) is 4.23. The highest BCUT2D eigenvalue weighted by Crippen LogP contribution is 2.28. The molecule has 4 heteroatoms. The van der Waals surface area contributed by atoms with Crippen LogP contribution in [-0.2, 0) is 12.1 Å². The summed E-state index contributed by atoms with van der Waals surface area (Å²) >= 11 is 0. The molecule has 0 saturated heterocycles. The summed E-state index contributed by atoms with van der Waals surface area (Å²) in [5.74, 6) is -2.00. The average molecular weight is 232 g/mol. The minimum absolute atomic E-state index is 0.106. The highest BCUT2D eigenvalue weighted by molar-refractivity contribution is 5.30. The minimum atomic E-state index is -1.71. The van der Waals surface area contributed by atoms with Crippen molar-refractivity contribution >= 4 is 0 Å². The van der Waals surface area contributed by atoms with Crippen LogP contribution in [0.5, 0.6) is 0 Å². The van der Waals surface area contributed by atoms with Crippen LogP contribution in [-0.4, -0.2) is 11.7 Å². The molecule has 1 aromatic carbocycles. The molecular formula is C12H15F3O. The molecule has 90 valence electrons. The van der Waals surface area contributed by atoms with Crippen molar-refractivity contribution in [3.05, 3.63) is 34.9 Å². The molecule has 0 unspecified atom stereocenters. The Hall–Kier alpha value is -1.03. The SMILES string of the molecule is CC(C)(F)c1cc(F)c(F)c(CCCO)c1. The summed E-state index contributed by atoms with van der Waals surface area (Å²) in [6, 6.07) is 2.19. The molecule has 16 heavy (non-hydrogen) atoms. The molecule has 0 saturated carbocycles. The van der Waals surface area contributed by atoms with Crippen molar-refractivity contribution in [3.8, 4) is 0 Å². The van der Waals surface area contributed by atoms with Gasteiger partial charge in [-0.25, -0.2) is 13.2 Å². The molecule has 0 aromatic heterocycles. The number of aliphatic hydroxyl groups is 1. The quantitative estimate of drug-likeness (QED) is 0.845. The van der Waals surface area contributed by atoms with Gasteiger partial charge in [0.1, 0.15) is 5.67 Å². The van der Waals surface area contributed by atoms with Gasteiger partial charge in [-0.3, -0.25) is 0 Å². The third-order valence-electron chi connectivity index (χ3n) is 2.39. The van der Waals surface area contributed by atoms with Gasteiger partial charge in [-0.2, -0.15) is 0 Å². The van der Waals surface area contributed by atoms with Crippen molar-refractivity contribution in [3.63, 3.8) is 0 Å². The highest BCUT2D eigenvalue weighted by Gasteiger charge is 2.22. The summed E-state index contributed by atoms with van der Waals surface area (Å²) in [5.41, 5.74) is -1.49. The fourth-order valence-corrected chi connectivity index (χ4v) is 1.44. The second kappa shape index (κ2) is 4.87. The molecule has 0 amide bonds. The van der Waals surface area contributed by atoms with Gasteiger partial charge in [0, 0.05) is 6.61 Å². The van der Waals surface area contributed by atoms with Crippen LogP contribution in [0.2, 0.25) is 0 Å². The van der Waals surface area contributed by atoms with E-state index in [1.807, 2.05) is 0 Å². The lowest BCUT2D eigenvalue weighted by molar-refractivity contribution is 0.220. The van der Waals surface area contributed by atoms with Crippen LogP contribution in [0.15, 0.2) is 12.1 Å². The van der Waals surface area contributed by atoms with Crippen LogP contribution >= 0.6 is 0 Å². The number of benzene rings is 1. The highest BCUT2D eigenvalue weighted by atomic mass is 19.2. The number of halogens is 3. The molecule has 1 aromatic rings. The molecule has 0 heterocycles. The Morgan fingerprint density at radius 3 is 2.38 bits per heavy atom. The Kier molecular flexibility index (Phi) is 3.97. The molecule has 0 aliphatic carbocycles. The normalized spacial score (nSPS) is 11.9. The summed E-state index contributed by atoms with van der Waals surface area (Å²) in [5, 5.41) is 8.63. The predicted molar refractivity (Wildman–Crippen MR) is 55.9 cm³/mol. The fraction of sp³-hybridized carbons (Fsp3) is 0.500. The van der Waals surface area contributed by atoms with Crippen molar-refractivity contribution in [2.75, 3.05) is 6.61 Å². The smallest absolute Gasteiger partial charge is 0.162 e. The van der Waals surface area contributed by atoms with Crippen LogP contribution in [0.4, 0.5) is 13.2 Å². The number of aryl methyl sites for hydroxylation is 1. The van der Waals surface area contributed by atoms with Crippen molar-refractivity contribution < 1.29 is 18.3 Å². The van der Waals surface area contributed by atoms with Gasteiger partial charge in [-0.1, -0.05) is 0 Å². The molecule has 0 atom stereocenters. The van der Waals surface area contributed by atoms with E-state index >= 15 is 0 Å². The lowest BCUT2D eigenvalue weighted by Crippen LogP contribution is -2.11. The summed E-state index contributed by atoms with van der Waals surface area (Å²) in [7, 11) is 0. The molecule has 1 nitrogen and oxygen atoms in total. The van der Waals surface area contributed by atoms with Crippen molar-refractivity contribution in [2.45, 2.75) is 32.4 Å². The molecule has 1 rings (SSSR count). The van der Waals surface area contributed by atoms with Crippen LogP contribution < -0.4 is 0 Å². The molecule has 1 N–H and O–H groups in total. The van der Waals surface area contributed by atoms with E-state index in [-0.39, 0.29) is 24.2 Å². The van der Waals surface area contributed by atoms with E-state index in [4.69, 9.17) is 5.11 Å². The number of alkyl halides is 1. The van der Waals surface area contributed by atoms with E-state index in [0.29, 0.717) is 6.42 Å². The molecule has 0 fully saturated rings. The van der Waals surface area contributed by atoms with Gasteiger partial charge in [-0.15, -0.1) is 0 Å². The van der Waals surface area contributed by atoms with Gasteiger partial charge in [0.2, 0.25) is 0 Å². The van der Waals surface area contributed by atoms with E-state index in [0.717, 1.165) is 6.07 Å². The Morgan fingerprint density at radius 1 is 1.25 bits per heavy atom. The largest absolute Gasteiger partial charge is 0.396 e. The monoisotopic (exact) mass is 232 g/mol. The maximum atomic E-state index is 13.6. The Balaban J connectivity index is 3.12. The number of rotatable bonds is 4. The van der Waals surface area contributed by atoms with Crippen molar-refractivity contribution in [1.82, 2.24) is 0 Å². The van der Waals surface area contributed by atoms with Crippen molar-refractivity contribution in [1.29, 1.82) is 0 Å². The van der Waals surface area contributed by atoms with E-state index < -0.39 is 17.3 Å². The zero-order valence-electron chi connectivity index (χ0n) is 9.36. The first-order chi connectivity index (χ1) is 7.36. The molecular weight excluding hydrogens is 217 g/mol. The van der Waals surface area contributed by atoms with Crippen molar-refractivity contribution in [2.24, 2.45) is 0 Å². The Bertz CT molecular complexity index is 369. The van der Waals surface area contributed by atoms with Crippen LogP contribution in [0.25, 0.3) is 0 Å². The van der Waals surface area contributed by atoms with Gasteiger partial charge in [-0.05, 0) is 49.9 Å². The summed E-state index contributed by atoms with van der Waals surface area (Å²) in [6.45, 7) is 2.47. The van der Waals surface area contributed by atoms with Crippen LogP contribution in [0.1, 0.15) is 31.4 Å². The summed E-state index contributed by atoms with van der Waals surface area (Å²) < 4.78 is 40.1. The Morgan fingerprint density at radius 2 is 1.88 bits per heavy atom. The molecule has 0 radical (unpaired) electrons. The number of aliphatic hydroxyl groups excluding tert-OH is 1. The van der Waals surface area contributed by atoms with E-state index in [1.165, 1.54) is 19.9 Å². The molecule has 0 aliphatic heterocycles. The first kappa shape index (κ1) is 13.0. The molecule has 0 aliphatic rings. The molecule has 0 spiro atoms. The van der Waals surface area contributed by atoms with Gasteiger partial charge in [0.25, 0.3) is 0 Å². The second-order valence-corrected chi connectivity index (χ2v) is 4.23. The van der Waals surface area contributed by atoms with Crippen LogP contribution in [0, 0.1) is 11.6 Å². The third-order valence-corrected chi connectivity index (χ3v) is 2.39. The maximum Gasteiger partial charge on any atom is 0.162 e. The van der Waals surface area contributed by atoms with Gasteiger partial charge in [0.15, 0.2) is 11.6 Å². The van der Waals surface area contributed by atoms with Gasteiger partial charge < -0.3 is 5.11 Å². The van der Waals surface area contributed by atoms with Gasteiger partial charge >= 0.3 is 0 Å². The maximum absolute atomic E-state index is 13.6. The predicted octanol–water partition coefficient (Wildman–Crippen LogP) is 3.09. The van der Waals surface area contributed by atoms with Gasteiger partial charge in [0.05, 0.1) is 0 Å². The van der Waals surface area contributed by atoms with E-state index in [2.05, 4.69) is 0 Å². The lowest BCUT2D eigenvalue weighted by atomic mass is 9.96. The lowest BCUT2D eigenvalue weighted by Gasteiger charge is -2.16. The van der Waals surface area contributed by atoms with E-state index in [1.54, 1.807) is 0 Å². The molecule has 0 bridgehead atoms. The minimum Gasteiger partial charge on any atom is -0.396 e.